The summed E-state index contributed by atoms with van der Waals surface area (Å²) in [6.45, 7) is 1.73. The molecule has 2 heterocycles. The number of amides is 2. The van der Waals surface area contributed by atoms with E-state index in [1.54, 1.807) is 35.7 Å². The van der Waals surface area contributed by atoms with Crippen LogP contribution >= 0.6 is 11.3 Å². The molecule has 8 nitrogen and oxygen atoms in total. The molecule has 12 heteroatoms. The van der Waals surface area contributed by atoms with Gasteiger partial charge in [-0.05, 0) is 19.1 Å². The highest BCUT2D eigenvalue weighted by Crippen LogP contribution is 2.30. The van der Waals surface area contributed by atoms with Crippen molar-refractivity contribution in [3.8, 4) is 11.4 Å². The van der Waals surface area contributed by atoms with Crippen molar-refractivity contribution in [2.75, 3.05) is 7.11 Å². The summed E-state index contributed by atoms with van der Waals surface area (Å²) in [5, 5.41) is 10.4. The van der Waals surface area contributed by atoms with Gasteiger partial charge in [0.1, 0.15) is 11.4 Å². The Bertz CT molecular complexity index is 1140. The number of aromatic nitrogens is 2. The molecule has 0 aliphatic rings. The lowest BCUT2D eigenvalue weighted by molar-refractivity contribution is -0.141. The van der Waals surface area contributed by atoms with Gasteiger partial charge in [-0.1, -0.05) is 18.2 Å². The van der Waals surface area contributed by atoms with E-state index in [9.17, 15) is 22.8 Å². The molecule has 3 aromatic rings. The Morgan fingerprint density at radius 1 is 1.21 bits per heavy atom. The number of benzene rings is 1. The minimum absolute atomic E-state index is 0.0492. The number of para-hydroxylation sites is 1. The summed E-state index contributed by atoms with van der Waals surface area (Å²) in [7, 11) is 1.48. The van der Waals surface area contributed by atoms with E-state index in [0.717, 1.165) is 4.68 Å². The molecule has 2 aromatic heterocycles. The zero-order valence-electron chi connectivity index (χ0n) is 17.8. The fraction of sp³-hybridized carbons (Fsp3) is 0.286. The fourth-order valence-corrected chi connectivity index (χ4v) is 3.69. The van der Waals surface area contributed by atoms with Crippen LogP contribution in [0.25, 0.3) is 5.69 Å². The summed E-state index contributed by atoms with van der Waals surface area (Å²) < 4.78 is 46.1. The maximum atomic E-state index is 13.3. The average Bonchev–Trinajstić information content (AvgIpc) is 3.42. The minimum Gasteiger partial charge on any atom is -0.496 e. The summed E-state index contributed by atoms with van der Waals surface area (Å²) in [5.74, 6) is -0.555. The van der Waals surface area contributed by atoms with E-state index in [2.05, 4.69) is 15.7 Å². The summed E-state index contributed by atoms with van der Waals surface area (Å²) in [6.07, 6.45) is -4.73. The first-order valence-electron chi connectivity index (χ1n) is 9.78. The number of halogens is 3. The predicted octanol–water partition coefficient (Wildman–Crippen LogP) is 2.85. The Kier molecular flexibility index (Phi) is 7.39. The van der Waals surface area contributed by atoms with Crippen LogP contribution in [0.2, 0.25) is 0 Å². The topological polar surface area (TPSA) is 111 Å². The lowest BCUT2D eigenvalue weighted by Gasteiger charge is -2.10. The van der Waals surface area contributed by atoms with Gasteiger partial charge in [0.2, 0.25) is 5.91 Å². The van der Waals surface area contributed by atoms with Crippen LogP contribution in [0.3, 0.4) is 0 Å². The van der Waals surface area contributed by atoms with Crippen LogP contribution in [0.5, 0.6) is 5.75 Å². The van der Waals surface area contributed by atoms with Crippen molar-refractivity contribution >= 4 is 23.2 Å². The van der Waals surface area contributed by atoms with E-state index in [4.69, 9.17) is 10.5 Å². The third-order valence-electron chi connectivity index (χ3n) is 4.60. The van der Waals surface area contributed by atoms with E-state index in [1.165, 1.54) is 25.4 Å². The van der Waals surface area contributed by atoms with Crippen LogP contribution in [0, 0.1) is 0 Å². The molecular formula is C21H22F3N5O3S. The molecule has 3 rings (SSSR count). The molecule has 33 heavy (non-hydrogen) atoms. The predicted molar refractivity (Wildman–Crippen MR) is 116 cm³/mol. The van der Waals surface area contributed by atoms with Crippen molar-refractivity contribution in [1.29, 1.82) is 0 Å². The zero-order valence-corrected chi connectivity index (χ0v) is 18.6. The molecular weight excluding hydrogens is 459 g/mol. The monoisotopic (exact) mass is 481 g/mol. The number of carbonyl (C=O) groups is 2. The molecule has 0 radical (unpaired) electrons. The molecule has 1 unspecified atom stereocenters. The quantitative estimate of drug-likeness (QED) is 0.458. The Morgan fingerprint density at radius 3 is 2.61 bits per heavy atom. The molecule has 4 N–H and O–H groups in total. The maximum Gasteiger partial charge on any atom is 0.435 e. The second kappa shape index (κ2) is 10.0. The van der Waals surface area contributed by atoms with E-state index in [0.29, 0.717) is 22.3 Å². The lowest BCUT2D eigenvalue weighted by atomic mass is 10.2. The van der Waals surface area contributed by atoms with Gasteiger partial charge in [0.25, 0.3) is 5.91 Å². The second-order valence-corrected chi connectivity index (χ2v) is 8.09. The molecule has 0 bridgehead atoms. The molecule has 176 valence electrons. The Labute approximate surface area is 191 Å². The molecule has 0 spiro atoms. The first-order chi connectivity index (χ1) is 15.6. The Hall–Kier alpha value is -3.38. The van der Waals surface area contributed by atoms with Gasteiger partial charge in [0, 0.05) is 28.4 Å². The molecule has 0 saturated heterocycles. The normalized spacial score (nSPS) is 12.3. The van der Waals surface area contributed by atoms with Crippen molar-refractivity contribution in [3.05, 3.63) is 63.6 Å². The van der Waals surface area contributed by atoms with Gasteiger partial charge in [-0.3, -0.25) is 9.59 Å². The van der Waals surface area contributed by atoms with Gasteiger partial charge in [-0.2, -0.15) is 18.3 Å². The van der Waals surface area contributed by atoms with Crippen LogP contribution in [0.4, 0.5) is 13.2 Å². The highest BCUT2D eigenvalue weighted by Gasteiger charge is 2.36. The first kappa shape index (κ1) is 24.3. The fourth-order valence-electron chi connectivity index (χ4n) is 2.90. The summed E-state index contributed by atoms with van der Waals surface area (Å²) in [6, 6.07) is 8.53. The third kappa shape index (κ3) is 5.90. The van der Waals surface area contributed by atoms with Crippen molar-refractivity contribution in [1.82, 2.24) is 20.4 Å². The van der Waals surface area contributed by atoms with Gasteiger partial charge in [0.15, 0.2) is 5.69 Å². The number of hydrogen-bond acceptors (Lipinski definition) is 6. The number of carbonyl (C=O) groups excluding carboxylic acids is 2. The molecule has 0 aliphatic carbocycles. The maximum absolute atomic E-state index is 13.3. The van der Waals surface area contributed by atoms with Crippen molar-refractivity contribution in [3.63, 3.8) is 0 Å². The van der Waals surface area contributed by atoms with Gasteiger partial charge in [-0.25, -0.2) is 4.68 Å². The van der Waals surface area contributed by atoms with Crippen molar-refractivity contribution < 1.29 is 27.5 Å². The van der Waals surface area contributed by atoms with Crippen molar-refractivity contribution in [2.24, 2.45) is 5.73 Å². The number of nitrogens with zero attached hydrogens (tertiary/aromatic N) is 2. The van der Waals surface area contributed by atoms with Crippen LogP contribution in [0.1, 0.15) is 33.5 Å². The van der Waals surface area contributed by atoms with Crippen LogP contribution in [-0.2, 0) is 24.1 Å². The number of nitrogens with two attached hydrogens (primary N) is 1. The van der Waals surface area contributed by atoms with E-state index in [-0.39, 0.29) is 30.4 Å². The minimum atomic E-state index is -4.73. The van der Waals surface area contributed by atoms with Crippen LogP contribution in [0.15, 0.2) is 41.8 Å². The number of hydrogen-bond donors (Lipinski definition) is 3. The summed E-state index contributed by atoms with van der Waals surface area (Å²) in [5.41, 5.74) is 4.96. The zero-order chi connectivity index (χ0) is 24.2. The highest BCUT2D eigenvalue weighted by molar-refractivity contribution is 7.10. The smallest absolute Gasteiger partial charge is 0.435 e. The Morgan fingerprint density at radius 2 is 1.94 bits per heavy atom. The lowest BCUT2D eigenvalue weighted by Crippen LogP contribution is -2.37. The summed E-state index contributed by atoms with van der Waals surface area (Å²) in [4.78, 5) is 25.1. The first-order valence-corrected chi connectivity index (χ1v) is 10.7. The number of alkyl halides is 3. The second-order valence-electron chi connectivity index (χ2n) is 7.10. The highest BCUT2D eigenvalue weighted by atomic mass is 32.1. The molecule has 1 aromatic carbocycles. The molecule has 1 atom stereocenters. The average molecular weight is 482 g/mol. The number of nitrogens with one attached hydrogen (secondary N) is 2. The van der Waals surface area contributed by atoms with Crippen LogP contribution in [-0.4, -0.2) is 34.7 Å². The molecule has 0 aliphatic heterocycles. The number of ether oxygens (including phenoxy) is 1. The number of rotatable bonds is 8. The van der Waals surface area contributed by atoms with Crippen molar-refractivity contribution in [2.45, 2.75) is 32.2 Å². The van der Waals surface area contributed by atoms with Crippen LogP contribution < -0.4 is 21.1 Å². The van der Waals surface area contributed by atoms with Gasteiger partial charge in [0.05, 0.1) is 25.4 Å². The third-order valence-corrected chi connectivity index (χ3v) is 5.52. The number of thiophene rings is 1. The standard InChI is InChI=1S/C21H22F3N5O3S/c1-12(25)19(30)27-10-15-7-14(11-33-15)29-16(8-18(28-29)21(22,23)24)20(31)26-9-13-5-3-4-6-17(13)32-2/h3-8,11-12H,9-10,25H2,1-2H3,(H,26,31)(H,27,30). The molecule has 2 amide bonds. The SMILES string of the molecule is COc1ccccc1CNC(=O)c1cc(C(F)(F)F)nn1-c1csc(CNC(=O)C(C)N)c1. The van der Waals surface area contributed by atoms with E-state index < -0.39 is 23.8 Å². The molecule has 0 fully saturated rings. The number of methoxy groups -OCH3 is 1. The largest absolute Gasteiger partial charge is 0.496 e. The summed E-state index contributed by atoms with van der Waals surface area (Å²) >= 11 is 1.20. The van der Waals surface area contributed by atoms with Gasteiger partial charge >= 0.3 is 6.18 Å². The Balaban J connectivity index is 1.84. The van der Waals surface area contributed by atoms with Gasteiger partial charge in [-0.15, -0.1) is 11.3 Å². The molecule has 0 saturated carbocycles. The van der Waals surface area contributed by atoms with E-state index in [1.807, 2.05) is 0 Å². The van der Waals surface area contributed by atoms with E-state index >= 15 is 0 Å². The van der Waals surface area contributed by atoms with Gasteiger partial charge < -0.3 is 21.1 Å².